The molecule has 0 aliphatic heterocycles. The lowest BCUT2D eigenvalue weighted by molar-refractivity contribution is 0.0782. The van der Waals surface area contributed by atoms with E-state index in [1.165, 1.54) is 25.7 Å². The summed E-state index contributed by atoms with van der Waals surface area (Å²) in [6.45, 7) is 12.0. The molecule has 0 fully saturated rings. The van der Waals surface area contributed by atoms with Gasteiger partial charge in [0.15, 0.2) is 5.96 Å². The number of aliphatic imine (C=N–C) groups is 1. The molecule has 0 aliphatic carbocycles. The molecule has 0 heterocycles. The Morgan fingerprint density at radius 3 is 2.47 bits per heavy atom. The molecule has 0 spiro atoms. The largest absolute Gasteiger partial charge is 0.379 e. The van der Waals surface area contributed by atoms with Crippen LogP contribution in [-0.2, 0) is 4.74 Å². The van der Waals surface area contributed by atoms with E-state index in [-0.39, 0.29) is 0 Å². The fourth-order valence-corrected chi connectivity index (χ4v) is 1.67. The van der Waals surface area contributed by atoms with Gasteiger partial charge in [-0.2, -0.15) is 0 Å². The Morgan fingerprint density at radius 2 is 1.84 bits per heavy atom. The predicted molar refractivity (Wildman–Crippen MR) is 83.8 cm³/mol. The summed E-state index contributed by atoms with van der Waals surface area (Å²) in [5.41, 5.74) is 0. The topological polar surface area (TPSA) is 45.7 Å². The average molecular weight is 271 g/mol. The zero-order chi connectivity index (χ0) is 14.3. The number of nitrogens with one attached hydrogen (secondary N) is 2. The lowest BCUT2D eigenvalue weighted by Crippen LogP contribution is -2.37. The van der Waals surface area contributed by atoms with Crippen molar-refractivity contribution in [3.05, 3.63) is 0 Å². The fraction of sp³-hybridized carbons (Fsp3) is 0.933. The van der Waals surface area contributed by atoms with Crippen molar-refractivity contribution in [2.75, 3.05) is 26.2 Å². The molecule has 0 aromatic carbocycles. The van der Waals surface area contributed by atoms with Crippen LogP contribution in [0.1, 0.15) is 59.8 Å². The van der Waals surface area contributed by atoms with Gasteiger partial charge >= 0.3 is 0 Å². The van der Waals surface area contributed by atoms with E-state index in [4.69, 9.17) is 4.74 Å². The predicted octanol–water partition coefficient (Wildman–Crippen LogP) is 2.94. The number of hydrogen-bond acceptors (Lipinski definition) is 2. The Balaban J connectivity index is 3.69. The minimum Gasteiger partial charge on any atom is -0.379 e. The molecule has 19 heavy (non-hydrogen) atoms. The molecular weight excluding hydrogens is 238 g/mol. The Labute approximate surface area is 119 Å². The fourth-order valence-electron chi connectivity index (χ4n) is 1.67. The first-order chi connectivity index (χ1) is 9.20. The molecule has 0 radical (unpaired) electrons. The second-order valence-electron chi connectivity index (χ2n) is 5.02. The Kier molecular flexibility index (Phi) is 13.1. The number of ether oxygens (including phenoxy) is 1. The van der Waals surface area contributed by atoms with Crippen molar-refractivity contribution in [1.82, 2.24) is 10.6 Å². The maximum Gasteiger partial charge on any atom is 0.191 e. The molecular formula is C15H33N3O. The van der Waals surface area contributed by atoms with Crippen LogP contribution in [0, 0.1) is 0 Å². The first-order valence-electron chi connectivity index (χ1n) is 7.84. The van der Waals surface area contributed by atoms with Crippen molar-refractivity contribution in [1.29, 1.82) is 0 Å². The zero-order valence-corrected chi connectivity index (χ0v) is 13.3. The molecule has 2 N–H and O–H groups in total. The summed E-state index contributed by atoms with van der Waals surface area (Å²) in [6, 6.07) is 0. The summed E-state index contributed by atoms with van der Waals surface area (Å²) in [7, 11) is 0. The number of guanidine groups is 1. The zero-order valence-electron chi connectivity index (χ0n) is 13.3. The van der Waals surface area contributed by atoms with E-state index in [0.717, 1.165) is 38.6 Å². The molecule has 114 valence electrons. The van der Waals surface area contributed by atoms with Gasteiger partial charge in [-0.15, -0.1) is 0 Å². The van der Waals surface area contributed by atoms with Gasteiger partial charge in [-0.1, -0.05) is 26.2 Å². The van der Waals surface area contributed by atoms with E-state index < -0.39 is 0 Å². The summed E-state index contributed by atoms with van der Waals surface area (Å²) in [6.07, 6.45) is 6.41. The van der Waals surface area contributed by atoms with Gasteiger partial charge in [0.2, 0.25) is 0 Å². The molecule has 0 aromatic heterocycles. The first kappa shape index (κ1) is 18.2. The SMILES string of the molecule is CCCCCCNC(=NCCCOC(C)C)NCC. The summed E-state index contributed by atoms with van der Waals surface area (Å²) in [5.74, 6) is 0.934. The van der Waals surface area contributed by atoms with Crippen LogP contribution in [0.15, 0.2) is 4.99 Å². The quantitative estimate of drug-likeness (QED) is 0.345. The summed E-state index contributed by atoms with van der Waals surface area (Å²) >= 11 is 0. The van der Waals surface area contributed by atoms with E-state index in [1.54, 1.807) is 0 Å². The van der Waals surface area contributed by atoms with E-state index in [2.05, 4.69) is 43.3 Å². The summed E-state index contributed by atoms with van der Waals surface area (Å²) in [5, 5.41) is 6.65. The molecule has 0 amide bonds. The van der Waals surface area contributed by atoms with Crippen molar-refractivity contribution in [2.24, 2.45) is 4.99 Å². The second kappa shape index (κ2) is 13.7. The minimum atomic E-state index is 0.314. The van der Waals surface area contributed by atoms with Crippen molar-refractivity contribution < 1.29 is 4.74 Å². The van der Waals surface area contributed by atoms with Crippen molar-refractivity contribution in [3.8, 4) is 0 Å². The molecule has 0 aromatic rings. The lowest BCUT2D eigenvalue weighted by Gasteiger charge is -2.11. The monoisotopic (exact) mass is 271 g/mol. The first-order valence-corrected chi connectivity index (χ1v) is 7.84. The van der Waals surface area contributed by atoms with Gasteiger partial charge in [-0.25, -0.2) is 0 Å². The smallest absolute Gasteiger partial charge is 0.191 e. The molecule has 4 heteroatoms. The molecule has 0 saturated carbocycles. The third-order valence-corrected chi connectivity index (χ3v) is 2.69. The molecule has 0 saturated heterocycles. The Morgan fingerprint density at radius 1 is 1.05 bits per heavy atom. The van der Waals surface area contributed by atoms with Crippen LogP contribution in [0.25, 0.3) is 0 Å². The summed E-state index contributed by atoms with van der Waals surface area (Å²) < 4.78 is 5.50. The summed E-state index contributed by atoms with van der Waals surface area (Å²) in [4.78, 5) is 4.54. The molecule has 0 bridgehead atoms. The molecule has 0 unspecified atom stereocenters. The highest BCUT2D eigenvalue weighted by Gasteiger charge is 1.97. The third-order valence-electron chi connectivity index (χ3n) is 2.69. The number of unbranched alkanes of at least 4 members (excludes halogenated alkanes) is 3. The van der Waals surface area contributed by atoms with Crippen LogP contribution in [0.2, 0.25) is 0 Å². The van der Waals surface area contributed by atoms with Gasteiger partial charge in [-0.3, -0.25) is 4.99 Å². The maximum absolute atomic E-state index is 5.50. The van der Waals surface area contributed by atoms with E-state index >= 15 is 0 Å². The van der Waals surface area contributed by atoms with Crippen molar-refractivity contribution in [3.63, 3.8) is 0 Å². The van der Waals surface area contributed by atoms with Gasteiger partial charge in [0.1, 0.15) is 0 Å². The van der Waals surface area contributed by atoms with Crippen LogP contribution in [0.3, 0.4) is 0 Å². The van der Waals surface area contributed by atoms with Crippen LogP contribution >= 0.6 is 0 Å². The van der Waals surface area contributed by atoms with E-state index in [9.17, 15) is 0 Å². The molecule has 4 nitrogen and oxygen atoms in total. The van der Waals surface area contributed by atoms with Crippen LogP contribution < -0.4 is 10.6 Å². The lowest BCUT2D eigenvalue weighted by atomic mass is 10.2. The van der Waals surface area contributed by atoms with Gasteiger partial charge in [0.25, 0.3) is 0 Å². The Hall–Kier alpha value is -0.770. The molecule has 0 atom stereocenters. The number of nitrogens with zero attached hydrogens (tertiary/aromatic N) is 1. The normalized spacial score (nSPS) is 11.9. The van der Waals surface area contributed by atoms with Crippen molar-refractivity contribution >= 4 is 5.96 Å². The number of rotatable bonds is 11. The average Bonchev–Trinajstić information content (AvgIpc) is 2.37. The van der Waals surface area contributed by atoms with E-state index in [1.807, 2.05) is 0 Å². The van der Waals surface area contributed by atoms with Crippen LogP contribution in [-0.4, -0.2) is 38.3 Å². The molecule has 0 aliphatic rings. The Bertz CT molecular complexity index is 217. The van der Waals surface area contributed by atoms with Crippen molar-refractivity contribution in [2.45, 2.75) is 65.9 Å². The third kappa shape index (κ3) is 13.5. The van der Waals surface area contributed by atoms with Gasteiger partial charge in [-0.05, 0) is 33.6 Å². The van der Waals surface area contributed by atoms with Crippen LogP contribution in [0.4, 0.5) is 0 Å². The molecule has 0 rings (SSSR count). The number of hydrogen-bond donors (Lipinski definition) is 2. The van der Waals surface area contributed by atoms with Gasteiger partial charge in [0.05, 0.1) is 6.10 Å². The van der Waals surface area contributed by atoms with E-state index in [0.29, 0.717) is 6.10 Å². The highest BCUT2D eigenvalue weighted by Crippen LogP contribution is 1.97. The highest BCUT2D eigenvalue weighted by atomic mass is 16.5. The second-order valence-corrected chi connectivity index (χ2v) is 5.02. The van der Waals surface area contributed by atoms with Crippen LogP contribution in [0.5, 0.6) is 0 Å². The standard InChI is InChI=1S/C15H33N3O/c1-5-7-8-9-11-17-15(16-6-2)18-12-10-13-19-14(3)4/h14H,5-13H2,1-4H3,(H2,16,17,18). The van der Waals surface area contributed by atoms with Gasteiger partial charge < -0.3 is 15.4 Å². The maximum atomic E-state index is 5.50. The minimum absolute atomic E-state index is 0.314. The van der Waals surface area contributed by atoms with Gasteiger partial charge in [0, 0.05) is 26.2 Å². The highest BCUT2D eigenvalue weighted by molar-refractivity contribution is 5.79.